The highest BCUT2D eigenvalue weighted by Crippen LogP contribution is 2.32. The number of nitrogens with one attached hydrogen (secondary N) is 1. The number of nitro benzene ring substituents is 1. The van der Waals surface area contributed by atoms with Crippen LogP contribution in [0.25, 0.3) is 0 Å². The number of hydrogen-bond donors (Lipinski definition) is 1. The van der Waals surface area contributed by atoms with Crippen LogP contribution in [-0.4, -0.2) is 13.3 Å². The first-order valence-corrected chi connectivity index (χ1v) is 8.70. The van der Waals surface area contributed by atoms with Crippen molar-refractivity contribution in [3.8, 4) is 0 Å². The zero-order chi connectivity index (χ0) is 16.6. The second-order valence-corrected chi connectivity index (χ2v) is 7.25. The molecule has 1 aliphatic rings. The molecule has 23 heavy (non-hydrogen) atoms. The Kier molecular flexibility index (Phi) is 3.95. The molecule has 8 heteroatoms. The van der Waals surface area contributed by atoms with Gasteiger partial charge >= 0.3 is 0 Å². The van der Waals surface area contributed by atoms with E-state index in [0.29, 0.717) is 12.0 Å². The van der Waals surface area contributed by atoms with E-state index in [1.807, 2.05) is 0 Å². The zero-order valence-corrected chi connectivity index (χ0v) is 13.3. The predicted octanol–water partition coefficient (Wildman–Crippen LogP) is 2.85. The van der Waals surface area contributed by atoms with Crippen molar-refractivity contribution in [1.82, 2.24) is 4.72 Å². The van der Waals surface area contributed by atoms with Gasteiger partial charge in [0.15, 0.2) is 0 Å². The molecule has 0 saturated heterocycles. The lowest BCUT2D eigenvalue weighted by Gasteiger charge is -2.23. The molecule has 0 fully saturated rings. The van der Waals surface area contributed by atoms with E-state index >= 15 is 0 Å². The summed E-state index contributed by atoms with van der Waals surface area (Å²) in [5.41, 5.74) is 1.05. The summed E-state index contributed by atoms with van der Waals surface area (Å²) in [6, 6.07) is 5.22. The fourth-order valence-electron chi connectivity index (χ4n) is 2.85. The highest BCUT2D eigenvalue weighted by atomic mass is 32.2. The van der Waals surface area contributed by atoms with E-state index in [0.717, 1.165) is 30.2 Å². The van der Waals surface area contributed by atoms with Crippen molar-refractivity contribution in [3.05, 3.63) is 57.5 Å². The first-order valence-electron chi connectivity index (χ1n) is 7.22. The molecule has 7 nitrogen and oxygen atoms in total. The van der Waals surface area contributed by atoms with E-state index in [-0.39, 0.29) is 16.6 Å². The molecule has 1 atom stereocenters. The quantitative estimate of drug-likeness (QED) is 0.683. The molecule has 0 saturated carbocycles. The van der Waals surface area contributed by atoms with Gasteiger partial charge in [0, 0.05) is 24.1 Å². The van der Waals surface area contributed by atoms with E-state index in [4.69, 9.17) is 4.42 Å². The van der Waals surface area contributed by atoms with E-state index in [1.54, 1.807) is 19.3 Å². The fourth-order valence-corrected chi connectivity index (χ4v) is 4.37. The molecule has 0 unspecified atom stereocenters. The lowest BCUT2D eigenvalue weighted by Crippen LogP contribution is -2.31. The van der Waals surface area contributed by atoms with Crippen LogP contribution >= 0.6 is 0 Å². The minimum Gasteiger partial charge on any atom is -0.469 e. The number of nitrogens with zero attached hydrogens (tertiary/aromatic N) is 1. The summed E-state index contributed by atoms with van der Waals surface area (Å²) in [5.74, 6) is 0.791. The van der Waals surface area contributed by atoms with Crippen molar-refractivity contribution in [1.29, 1.82) is 0 Å². The van der Waals surface area contributed by atoms with E-state index in [1.165, 1.54) is 12.1 Å². The van der Waals surface area contributed by atoms with E-state index in [2.05, 4.69) is 4.72 Å². The van der Waals surface area contributed by atoms with Crippen molar-refractivity contribution >= 4 is 15.7 Å². The van der Waals surface area contributed by atoms with Crippen LogP contribution in [0.3, 0.4) is 0 Å². The second-order valence-electron chi connectivity index (χ2n) is 5.57. The molecular weight excluding hydrogens is 320 g/mol. The van der Waals surface area contributed by atoms with Gasteiger partial charge in [-0.15, -0.1) is 0 Å². The van der Waals surface area contributed by atoms with E-state index < -0.39 is 14.9 Å². The van der Waals surface area contributed by atoms with Crippen LogP contribution in [0, 0.1) is 17.0 Å². The number of aryl methyl sites for hydroxylation is 2. The van der Waals surface area contributed by atoms with Crippen molar-refractivity contribution in [3.63, 3.8) is 0 Å². The maximum absolute atomic E-state index is 12.7. The topological polar surface area (TPSA) is 102 Å². The third-order valence-corrected chi connectivity index (χ3v) is 5.64. The molecule has 3 rings (SSSR count). The van der Waals surface area contributed by atoms with Crippen LogP contribution in [0.2, 0.25) is 0 Å². The Morgan fingerprint density at radius 2 is 2.13 bits per heavy atom. The number of benzene rings is 1. The Labute approximate surface area is 133 Å². The molecule has 2 aromatic rings. The minimum absolute atomic E-state index is 0.0673. The van der Waals surface area contributed by atoms with Gasteiger partial charge in [0.25, 0.3) is 5.69 Å². The van der Waals surface area contributed by atoms with Gasteiger partial charge in [0.05, 0.1) is 22.1 Å². The smallest absolute Gasteiger partial charge is 0.270 e. The molecular formula is C15H16N2O5S. The lowest BCUT2D eigenvalue weighted by molar-refractivity contribution is -0.385. The molecule has 0 amide bonds. The monoisotopic (exact) mass is 336 g/mol. The summed E-state index contributed by atoms with van der Waals surface area (Å²) >= 11 is 0. The summed E-state index contributed by atoms with van der Waals surface area (Å²) < 4.78 is 33.3. The number of furan rings is 1. The maximum atomic E-state index is 12.7. The van der Waals surface area contributed by atoms with Gasteiger partial charge in [-0.2, -0.15) is 0 Å². The van der Waals surface area contributed by atoms with Gasteiger partial charge in [-0.1, -0.05) is 6.07 Å². The first kappa shape index (κ1) is 15.7. The standard InChI is InChI=1S/C15H16N2O5S/c1-10-5-6-11(17(18)19)9-15(10)23(20,21)16-13-3-2-4-14-12(13)7-8-22-14/h5-9,13,16H,2-4H2,1H3/t13-/m0/s1. The molecule has 1 aliphatic carbocycles. The normalized spacial score (nSPS) is 17.7. The van der Waals surface area contributed by atoms with Crippen LogP contribution in [0.1, 0.15) is 35.8 Å². The highest BCUT2D eigenvalue weighted by Gasteiger charge is 2.29. The number of fused-ring (bicyclic) bond motifs is 1. The van der Waals surface area contributed by atoms with Crippen LogP contribution in [0.4, 0.5) is 5.69 Å². The van der Waals surface area contributed by atoms with Gasteiger partial charge in [-0.3, -0.25) is 10.1 Å². The molecule has 0 aliphatic heterocycles. The second kappa shape index (κ2) is 5.78. The molecule has 1 aromatic carbocycles. The zero-order valence-electron chi connectivity index (χ0n) is 12.5. The Hall–Kier alpha value is -2.19. The summed E-state index contributed by atoms with van der Waals surface area (Å²) in [7, 11) is -3.86. The summed E-state index contributed by atoms with van der Waals surface area (Å²) in [4.78, 5) is 10.2. The van der Waals surface area contributed by atoms with Gasteiger partial charge in [-0.25, -0.2) is 13.1 Å². The van der Waals surface area contributed by atoms with Crippen LogP contribution in [0.5, 0.6) is 0 Å². The molecule has 1 N–H and O–H groups in total. The molecule has 0 radical (unpaired) electrons. The number of rotatable bonds is 4. The van der Waals surface area contributed by atoms with Gasteiger partial charge in [0.1, 0.15) is 5.76 Å². The van der Waals surface area contributed by atoms with Crippen molar-refractivity contribution in [2.45, 2.75) is 37.1 Å². The average Bonchev–Trinajstić information content (AvgIpc) is 2.96. The third kappa shape index (κ3) is 2.99. The largest absolute Gasteiger partial charge is 0.469 e. The molecule has 0 bridgehead atoms. The lowest BCUT2D eigenvalue weighted by atomic mass is 9.94. The van der Waals surface area contributed by atoms with Crippen molar-refractivity contribution in [2.24, 2.45) is 0 Å². The Bertz CT molecular complexity index is 857. The van der Waals surface area contributed by atoms with Gasteiger partial charge in [0.2, 0.25) is 10.0 Å². The predicted molar refractivity (Wildman–Crippen MR) is 82.5 cm³/mol. The molecule has 1 aromatic heterocycles. The van der Waals surface area contributed by atoms with Crippen LogP contribution in [0.15, 0.2) is 39.8 Å². The molecule has 1 heterocycles. The van der Waals surface area contributed by atoms with E-state index in [9.17, 15) is 18.5 Å². The number of sulfonamides is 1. The van der Waals surface area contributed by atoms with Crippen LogP contribution in [-0.2, 0) is 16.4 Å². The molecule has 0 spiro atoms. The summed E-state index contributed by atoms with van der Waals surface area (Å²) in [6.07, 6.45) is 3.83. The number of hydrogen-bond acceptors (Lipinski definition) is 5. The van der Waals surface area contributed by atoms with Gasteiger partial charge in [-0.05, 0) is 31.4 Å². The van der Waals surface area contributed by atoms with Gasteiger partial charge < -0.3 is 4.42 Å². The van der Waals surface area contributed by atoms with Crippen molar-refractivity contribution in [2.75, 3.05) is 0 Å². The maximum Gasteiger partial charge on any atom is 0.270 e. The Morgan fingerprint density at radius 3 is 2.87 bits per heavy atom. The SMILES string of the molecule is Cc1ccc([N+](=O)[O-])cc1S(=O)(=O)N[C@H]1CCCc2occc21. The first-order chi connectivity index (χ1) is 10.9. The number of nitro groups is 1. The third-order valence-electron chi connectivity index (χ3n) is 4.02. The minimum atomic E-state index is -3.86. The summed E-state index contributed by atoms with van der Waals surface area (Å²) in [5, 5.41) is 10.9. The fraction of sp³-hybridized carbons (Fsp3) is 0.333. The Morgan fingerprint density at radius 1 is 1.35 bits per heavy atom. The number of non-ortho nitro benzene ring substituents is 1. The average molecular weight is 336 g/mol. The summed E-state index contributed by atoms with van der Waals surface area (Å²) in [6.45, 7) is 1.61. The molecule has 122 valence electrons. The highest BCUT2D eigenvalue weighted by molar-refractivity contribution is 7.89. The Balaban J connectivity index is 1.95. The van der Waals surface area contributed by atoms with Crippen molar-refractivity contribution < 1.29 is 17.8 Å². The van der Waals surface area contributed by atoms with Crippen LogP contribution < -0.4 is 4.72 Å².